The van der Waals surface area contributed by atoms with Gasteiger partial charge in [-0.15, -0.1) is 0 Å². The van der Waals surface area contributed by atoms with Crippen molar-refractivity contribution in [1.82, 2.24) is 20.4 Å². The van der Waals surface area contributed by atoms with Crippen LogP contribution in [0.2, 0.25) is 0 Å². The molecule has 1 aliphatic heterocycles. The molecule has 192 valence electrons. The molecule has 1 unspecified atom stereocenters. The van der Waals surface area contributed by atoms with Crippen LogP contribution in [0.5, 0.6) is 0 Å². The largest absolute Gasteiger partial charge is 0.349 e. The number of hydrogen-bond acceptors (Lipinski definition) is 5. The maximum Gasteiger partial charge on any atom is 0.241 e. The summed E-state index contributed by atoms with van der Waals surface area (Å²) in [6.45, 7) is 15.3. The number of benzene rings is 2. The highest BCUT2D eigenvalue weighted by Gasteiger charge is 2.28. The zero-order chi connectivity index (χ0) is 25.9. The molecule has 2 aromatic carbocycles. The molecule has 0 spiro atoms. The first-order chi connectivity index (χ1) is 17.1. The van der Waals surface area contributed by atoms with Crippen molar-refractivity contribution in [2.24, 2.45) is 5.92 Å². The quantitative estimate of drug-likeness (QED) is 0.433. The average Bonchev–Trinajstić information content (AvgIpc) is 3.31. The van der Waals surface area contributed by atoms with Gasteiger partial charge in [0.15, 0.2) is 0 Å². The Morgan fingerprint density at radius 1 is 1.11 bits per heavy atom. The van der Waals surface area contributed by atoms with Crippen LogP contribution in [0.4, 0.5) is 0 Å². The van der Waals surface area contributed by atoms with Gasteiger partial charge in [-0.2, -0.15) is 4.98 Å². The van der Waals surface area contributed by atoms with E-state index >= 15 is 0 Å². The number of likely N-dealkylation sites (tertiary alicyclic amines) is 1. The van der Waals surface area contributed by atoms with Gasteiger partial charge in [-0.05, 0) is 68.3 Å². The summed E-state index contributed by atoms with van der Waals surface area (Å²) in [5, 5.41) is 7.51. The molecule has 6 heteroatoms. The third-order valence-electron chi connectivity index (χ3n) is 7.32. The van der Waals surface area contributed by atoms with Crippen LogP contribution >= 0.6 is 0 Å². The fraction of sp³-hybridized carbons (Fsp3) is 0.500. The summed E-state index contributed by atoms with van der Waals surface area (Å²) in [5.41, 5.74) is 6.05. The lowest BCUT2D eigenvalue weighted by Gasteiger charge is -2.31. The number of nitrogens with one attached hydrogen (secondary N) is 1. The van der Waals surface area contributed by atoms with Crippen LogP contribution in [0.25, 0.3) is 11.4 Å². The van der Waals surface area contributed by atoms with Gasteiger partial charge in [0.25, 0.3) is 0 Å². The van der Waals surface area contributed by atoms with E-state index in [-0.39, 0.29) is 23.3 Å². The number of aromatic nitrogens is 2. The summed E-state index contributed by atoms with van der Waals surface area (Å²) >= 11 is 0. The van der Waals surface area contributed by atoms with E-state index in [0.717, 1.165) is 37.9 Å². The van der Waals surface area contributed by atoms with Crippen molar-refractivity contribution in [3.63, 3.8) is 0 Å². The summed E-state index contributed by atoms with van der Waals surface area (Å²) < 4.78 is 5.55. The van der Waals surface area contributed by atoms with Crippen LogP contribution in [-0.2, 0) is 16.8 Å². The fourth-order valence-electron chi connectivity index (χ4n) is 5.01. The van der Waals surface area contributed by atoms with E-state index in [9.17, 15) is 4.79 Å². The molecule has 1 amide bonds. The van der Waals surface area contributed by atoms with E-state index in [1.54, 1.807) is 0 Å². The first-order valence-electron chi connectivity index (χ1n) is 13.2. The zero-order valence-corrected chi connectivity index (χ0v) is 22.6. The summed E-state index contributed by atoms with van der Waals surface area (Å²) in [6, 6.07) is 14.9. The van der Waals surface area contributed by atoms with Gasteiger partial charge in [-0.25, -0.2) is 0 Å². The Labute approximate surface area is 215 Å². The fourth-order valence-corrected chi connectivity index (χ4v) is 5.01. The first-order valence-corrected chi connectivity index (χ1v) is 13.2. The number of carbonyl (C=O) groups is 1. The Kier molecular flexibility index (Phi) is 7.94. The van der Waals surface area contributed by atoms with Crippen molar-refractivity contribution < 1.29 is 9.32 Å². The second kappa shape index (κ2) is 11.0. The molecule has 1 N–H and O–H groups in total. The lowest BCUT2D eigenvalue weighted by molar-refractivity contribution is -0.127. The first kappa shape index (κ1) is 26.1. The van der Waals surface area contributed by atoms with Crippen molar-refractivity contribution >= 4 is 5.91 Å². The molecular weight excluding hydrogens is 448 g/mol. The predicted octanol–water partition coefficient (Wildman–Crippen LogP) is 6.13. The normalized spacial score (nSPS) is 16.2. The lowest BCUT2D eigenvalue weighted by Crippen LogP contribution is -2.41. The van der Waals surface area contributed by atoms with Crippen molar-refractivity contribution in [3.8, 4) is 11.4 Å². The van der Waals surface area contributed by atoms with Crippen molar-refractivity contribution in [1.29, 1.82) is 0 Å². The molecule has 6 nitrogen and oxygen atoms in total. The Balaban J connectivity index is 1.29. The van der Waals surface area contributed by atoms with Crippen molar-refractivity contribution in [2.75, 3.05) is 13.1 Å². The summed E-state index contributed by atoms with van der Waals surface area (Å²) in [7, 11) is 0. The van der Waals surface area contributed by atoms with Crippen LogP contribution in [0.3, 0.4) is 0 Å². The maximum atomic E-state index is 13.1. The van der Waals surface area contributed by atoms with Crippen molar-refractivity contribution in [3.05, 3.63) is 70.6 Å². The highest BCUT2D eigenvalue weighted by atomic mass is 16.5. The van der Waals surface area contributed by atoms with E-state index in [1.807, 2.05) is 0 Å². The van der Waals surface area contributed by atoms with E-state index < -0.39 is 0 Å². The lowest BCUT2D eigenvalue weighted by atomic mass is 9.87. The van der Waals surface area contributed by atoms with Gasteiger partial charge < -0.3 is 9.84 Å². The minimum Gasteiger partial charge on any atom is -0.349 e. The molecule has 1 fully saturated rings. The molecule has 0 bridgehead atoms. The molecule has 3 aromatic rings. The third-order valence-corrected chi connectivity index (χ3v) is 7.32. The molecule has 1 aromatic heterocycles. The second-order valence-electron chi connectivity index (χ2n) is 11.2. The molecule has 0 radical (unpaired) electrons. The molecule has 1 saturated heterocycles. The Hall–Kier alpha value is -2.99. The van der Waals surface area contributed by atoms with E-state index in [1.165, 1.54) is 22.3 Å². The SMILES string of the molecule is CCC(NC(=O)C1CCN(Cc2nc(-c3ccc(C(C)(C)C)cc3)no2)CC1)c1ccc(C)cc1C. The van der Waals surface area contributed by atoms with Crippen LogP contribution < -0.4 is 5.32 Å². The Bertz CT molecular complexity index is 1170. The van der Waals surface area contributed by atoms with Gasteiger partial charge in [0, 0.05) is 11.5 Å². The van der Waals surface area contributed by atoms with E-state index in [0.29, 0.717) is 18.3 Å². The minimum absolute atomic E-state index is 0.0423. The summed E-state index contributed by atoms with van der Waals surface area (Å²) in [4.78, 5) is 20.0. The molecule has 2 heterocycles. The number of hydrogen-bond donors (Lipinski definition) is 1. The van der Waals surface area contributed by atoms with Gasteiger partial charge in [0.05, 0.1) is 12.6 Å². The second-order valence-corrected chi connectivity index (χ2v) is 11.2. The number of piperidine rings is 1. The van der Waals surface area contributed by atoms with Gasteiger partial charge >= 0.3 is 0 Å². The van der Waals surface area contributed by atoms with Gasteiger partial charge in [0.2, 0.25) is 17.6 Å². The molecule has 4 rings (SSSR count). The molecule has 0 saturated carbocycles. The Morgan fingerprint density at radius 3 is 2.42 bits per heavy atom. The Morgan fingerprint density at radius 2 is 1.81 bits per heavy atom. The molecular formula is C30H40N4O2. The minimum atomic E-state index is 0.0423. The highest BCUT2D eigenvalue weighted by molar-refractivity contribution is 5.79. The standard InChI is InChI=1S/C30H40N4O2/c1-7-26(25-13-8-20(2)18-21(25)3)31-29(35)23-14-16-34(17-15-23)19-27-32-28(33-36-27)22-9-11-24(12-10-22)30(4,5)6/h8-13,18,23,26H,7,14-17,19H2,1-6H3,(H,31,35). The third kappa shape index (κ3) is 6.22. The molecule has 36 heavy (non-hydrogen) atoms. The summed E-state index contributed by atoms with van der Waals surface area (Å²) in [6.07, 6.45) is 2.56. The van der Waals surface area contributed by atoms with Crippen molar-refractivity contribution in [2.45, 2.75) is 78.8 Å². The molecule has 1 aliphatic rings. The monoisotopic (exact) mass is 488 g/mol. The van der Waals surface area contributed by atoms with Crippen LogP contribution in [0.1, 0.15) is 81.1 Å². The predicted molar refractivity (Wildman–Crippen MR) is 144 cm³/mol. The zero-order valence-electron chi connectivity index (χ0n) is 22.6. The molecule has 0 aliphatic carbocycles. The maximum absolute atomic E-state index is 13.1. The average molecular weight is 489 g/mol. The van der Waals surface area contributed by atoms with Gasteiger partial charge in [0.1, 0.15) is 0 Å². The highest BCUT2D eigenvalue weighted by Crippen LogP contribution is 2.27. The number of amides is 1. The van der Waals surface area contributed by atoms with E-state index in [2.05, 4.69) is 104 Å². The number of rotatable bonds is 7. The number of nitrogens with zero attached hydrogens (tertiary/aromatic N) is 3. The topological polar surface area (TPSA) is 71.3 Å². The van der Waals surface area contributed by atoms with Crippen LogP contribution in [-0.4, -0.2) is 34.0 Å². The molecule has 1 atom stereocenters. The van der Waals surface area contributed by atoms with E-state index in [4.69, 9.17) is 4.52 Å². The van der Waals surface area contributed by atoms with Gasteiger partial charge in [-0.3, -0.25) is 9.69 Å². The summed E-state index contributed by atoms with van der Waals surface area (Å²) in [5.74, 6) is 1.45. The number of carbonyl (C=O) groups excluding carboxylic acids is 1. The van der Waals surface area contributed by atoms with Crippen LogP contribution in [0, 0.1) is 19.8 Å². The smallest absolute Gasteiger partial charge is 0.241 e. The van der Waals surface area contributed by atoms with Crippen LogP contribution in [0.15, 0.2) is 47.0 Å². The number of aryl methyl sites for hydroxylation is 2. The van der Waals surface area contributed by atoms with Gasteiger partial charge in [-0.1, -0.05) is 80.9 Å².